The lowest BCUT2D eigenvalue weighted by molar-refractivity contribution is -0.118. The number of carbonyl (C=O) groups excluding carboxylic acids is 1. The molecule has 0 saturated heterocycles. The fraction of sp³-hybridized carbons (Fsp3) is 0.364. The van der Waals surface area contributed by atoms with E-state index in [1.165, 1.54) is 0 Å². The zero-order valence-electron chi connectivity index (χ0n) is 9.58. The van der Waals surface area contributed by atoms with Crippen LogP contribution in [-0.2, 0) is 4.79 Å². The van der Waals surface area contributed by atoms with Crippen molar-refractivity contribution < 1.29 is 14.3 Å². The van der Waals surface area contributed by atoms with Gasteiger partial charge in [0.25, 0.3) is 0 Å². The van der Waals surface area contributed by atoms with E-state index in [4.69, 9.17) is 15.2 Å². The van der Waals surface area contributed by atoms with Gasteiger partial charge >= 0.3 is 0 Å². The molecule has 0 saturated carbocycles. The van der Waals surface area contributed by atoms with Crippen LogP contribution in [0.1, 0.15) is 0 Å². The number of carbonyl (C=O) groups is 1. The molecule has 2 rings (SSSR count). The molecule has 0 aromatic heterocycles. The maximum Gasteiger partial charge on any atom is 0.239 e. The molecule has 1 aromatic rings. The lowest BCUT2D eigenvalue weighted by Gasteiger charge is -2.20. The summed E-state index contributed by atoms with van der Waals surface area (Å²) in [5, 5.41) is 5.46. The van der Waals surface area contributed by atoms with E-state index in [0.717, 1.165) is 0 Å². The first-order valence-electron chi connectivity index (χ1n) is 5.34. The lowest BCUT2D eigenvalue weighted by Crippen LogP contribution is -2.26. The molecular weight excluding hydrogens is 222 g/mol. The average molecular weight is 237 g/mol. The number of hydrogen-bond acceptors (Lipinski definition) is 5. The van der Waals surface area contributed by atoms with Crippen LogP contribution < -0.4 is 25.8 Å². The van der Waals surface area contributed by atoms with Crippen molar-refractivity contribution in [2.45, 2.75) is 0 Å². The molecule has 6 heteroatoms. The summed E-state index contributed by atoms with van der Waals surface area (Å²) < 4.78 is 10.8. The van der Waals surface area contributed by atoms with E-state index < -0.39 is 0 Å². The van der Waals surface area contributed by atoms with Gasteiger partial charge < -0.3 is 25.8 Å². The van der Waals surface area contributed by atoms with Crippen LogP contribution in [0.5, 0.6) is 11.5 Å². The molecule has 0 atom stereocenters. The second-order valence-corrected chi connectivity index (χ2v) is 3.61. The second kappa shape index (κ2) is 4.82. The Morgan fingerprint density at radius 1 is 1.35 bits per heavy atom. The smallest absolute Gasteiger partial charge is 0.239 e. The highest BCUT2D eigenvalue weighted by Gasteiger charge is 2.14. The maximum atomic E-state index is 11.1. The number of fused-ring (bicyclic) bond motifs is 1. The van der Waals surface area contributed by atoms with Crippen LogP contribution in [0.2, 0.25) is 0 Å². The lowest BCUT2D eigenvalue weighted by atomic mass is 10.2. The molecular formula is C11H15N3O3. The summed E-state index contributed by atoms with van der Waals surface area (Å²) in [6.07, 6.45) is 0. The minimum Gasteiger partial charge on any atom is -0.486 e. The molecule has 1 amide bonds. The molecule has 0 aliphatic carbocycles. The fourth-order valence-electron chi connectivity index (χ4n) is 1.52. The number of amides is 1. The van der Waals surface area contributed by atoms with E-state index >= 15 is 0 Å². The highest BCUT2D eigenvalue weighted by Crippen LogP contribution is 2.36. The van der Waals surface area contributed by atoms with Gasteiger partial charge in [-0.1, -0.05) is 0 Å². The van der Waals surface area contributed by atoms with E-state index in [1.807, 2.05) is 0 Å². The van der Waals surface area contributed by atoms with Crippen molar-refractivity contribution in [2.24, 2.45) is 0 Å². The highest BCUT2D eigenvalue weighted by molar-refractivity contribution is 5.82. The summed E-state index contributed by atoms with van der Waals surface area (Å²) in [6.45, 7) is 1.21. The molecule has 92 valence electrons. The first kappa shape index (κ1) is 11.4. The molecule has 0 bridgehead atoms. The van der Waals surface area contributed by atoms with E-state index in [-0.39, 0.29) is 12.5 Å². The van der Waals surface area contributed by atoms with Gasteiger partial charge in [0.2, 0.25) is 5.91 Å². The Bertz CT molecular complexity index is 434. The van der Waals surface area contributed by atoms with Crippen molar-refractivity contribution in [3.05, 3.63) is 12.1 Å². The van der Waals surface area contributed by atoms with Crippen LogP contribution in [0.3, 0.4) is 0 Å². The second-order valence-electron chi connectivity index (χ2n) is 3.61. The molecule has 1 heterocycles. The minimum atomic E-state index is -0.112. The van der Waals surface area contributed by atoms with Gasteiger partial charge in [-0.25, -0.2) is 0 Å². The molecule has 17 heavy (non-hydrogen) atoms. The number of benzene rings is 1. The molecule has 6 nitrogen and oxygen atoms in total. The third-order valence-corrected chi connectivity index (χ3v) is 2.43. The summed E-state index contributed by atoms with van der Waals surface area (Å²) in [5.41, 5.74) is 7.03. The van der Waals surface area contributed by atoms with E-state index in [0.29, 0.717) is 36.1 Å². The van der Waals surface area contributed by atoms with Gasteiger partial charge in [-0.15, -0.1) is 0 Å². The number of nitrogens with one attached hydrogen (secondary N) is 2. The normalized spacial score (nSPS) is 13.0. The van der Waals surface area contributed by atoms with Gasteiger partial charge in [0, 0.05) is 19.2 Å². The van der Waals surface area contributed by atoms with E-state index in [2.05, 4.69) is 10.6 Å². The van der Waals surface area contributed by atoms with Crippen molar-refractivity contribution >= 4 is 17.3 Å². The fourth-order valence-corrected chi connectivity index (χ4v) is 1.52. The molecule has 4 N–H and O–H groups in total. The van der Waals surface area contributed by atoms with E-state index in [9.17, 15) is 4.79 Å². The predicted octanol–water partition coefficient (Wildman–Crippen LogP) is 0.198. The Labute approximate surface area is 99.1 Å². The first-order chi connectivity index (χ1) is 8.20. The van der Waals surface area contributed by atoms with Crippen molar-refractivity contribution in [3.8, 4) is 11.5 Å². The van der Waals surface area contributed by atoms with E-state index in [1.54, 1.807) is 19.2 Å². The van der Waals surface area contributed by atoms with Crippen LogP contribution in [0.25, 0.3) is 0 Å². The maximum absolute atomic E-state index is 11.1. The number of likely N-dealkylation sites (N-methyl/N-ethyl adjacent to an activating group) is 1. The van der Waals surface area contributed by atoms with Crippen LogP contribution in [0, 0.1) is 0 Å². The summed E-state index contributed by atoms with van der Waals surface area (Å²) in [7, 11) is 1.58. The van der Waals surface area contributed by atoms with Crippen molar-refractivity contribution in [1.82, 2.24) is 5.32 Å². The standard InChI is InChI=1S/C11H15N3O3/c1-13-11(15)6-14-8-5-10-9(4-7(8)12)16-2-3-17-10/h4-5,14H,2-3,6,12H2,1H3,(H,13,15). The summed E-state index contributed by atoms with van der Waals surface area (Å²) in [5.74, 6) is 1.17. The van der Waals surface area contributed by atoms with Crippen LogP contribution in [0.4, 0.5) is 11.4 Å². The van der Waals surface area contributed by atoms with Crippen molar-refractivity contribution in [1.29, 1.82) is 0 Å². The van der Waals surface area contributed by atoms with Crippen LogP contribution >= 0.6 is 0 Å². The van der Waals surface area contributed by atoms with Gasteiger partial charge in [-0.05, 0) is 0 Å². The molecule has 0 unspecified atom stereocenters. The first-order valence-corrected chi connectivity index (χ1v) is 5.34. The molecule has 0 spiro atoms. The molecule has 0 fully saturated rings. The number of rotatable bonds is 3. The Balaban J connectivity index is 2.14. The largest absolute Gasteiger partial charge is 0.486 e. The SMILES string of the molecule is CNC(=O)CNc1cc2c(cc1N)OCCO2. The van der Waals surface area contributed by atoms with Gasteiger partial charge in [0.15, 0.2) is 11.5 Å². The third-order valence-electron chi connectivity index (χ3n) is 2.43. The molecule has 0 radical (unpaired) electrons. The number of anilines is 2. The Morgan fingerprint density at radius 2 is 2.00 bits per heavy atom. The summed E-state index contributed by atoms with van der Waals surface area (Å²) >= 11 is 0. The minimum absolute atomic E-state index is 0.112. The highest BCUT2D eigenvalue weighted by atomic mass is 16.6. The zero-order chi connectivity index (χ0) is 12.3. The Hall–Kier alpha value is -2.11. The van der Waals surface area contributed by atoms with Gasteiger partial charge in [0.05, 0.1) is 17.9 Å². The molecule has 1 aromatic carbocycles. The number of ether oxygens (including phenoxy) is 2. The monoisotopic (exact) mass is 237 g/mol. The summed E-state index contributed by atoms with van der Waals surface area (Å²) in [6, 6.07) is 3.44. The predicted molar refractivity (Wildman–Crippen MR) is 64.4 cm³/mol. The quantitative estimate of drug-likeness (QED) is 0.654. The van der Waals surface area contributed by atoms with Crippen LogP contribution in [-0.4, -0.2) is 32.7 Å². The third kappa shape index (κ3) is 2.52. The van der Waals surface area contributed by atoms with Gasteiger partial charge in [-0.3, -0.25) is 4.79 Å². The number of nitrogens with two attached hydrogens (primary N) is 1. The average Bonchev–Trinajstić information content (AvgIpc) is 2.35. The molecule has 1 aliphatic rings. The van der Waals surface area contributed by atoms with Crippen molar-refractivity contribution in [2.75, 3.05) is 37.9 Å². The molecule has 1 aliphatic heterocycles. The van der Waals surface area contributed by atoms with Crippen LogP contribution in [0.15, 0.2) is 12.1 Å². The van der Waals surface area contributed by atoms with Gasteiger partial charge in [0.1, 0.15) is 13.2 Å². The Kier molecular flexibility index (Phi) is 3.22. The summed E-state index contributed by atoms with van der Waals surface area (Å²) in [4.78, 5) is 11.1. The topological polar surface area (TPSA) is 85.6 Å². The number of hydrogen-bond donors (Lipinski definition) is 3. The van der Waals surface area contributed by atoms with Crippen molar-refractivity contribution in [3.63, 3.8) is 0 Å². The number of nitrogen functional groups attached to an aromatic ring is 1. The Morgan fingerprint density at radius 3 is 2.65 bits per heavy atom. The van der Waals surface area contributed by atoms with Gasteiger partial charge in [-0.2, -0.15) is 0 Å². The zero-order valence-corrected chi connectivity index (χ0v) is 9.58.